The van der Waals surface area contributed by atoms with E-state index in [1.54, 1.807) is 81.7 Å². The molecule has 0 aromatic heterocycles. The van der Waals surface area contributed by atoms with Crippen molar-refractivity contribution in [3.63, 3.8) is 0 Å². The molecule has 0 saturated carbocycles. The number of rotatable bonds is 12. The van der Waals surface area contributed by atoms with Crippen LogP contribution in [0.15, 0.2) is 48.5 Å². The highest BCUT2D eigenvalue weighted by atomic mass is 16.5. The number of hydroxylamine groups is 2. The summed E-state index contributed by atoms with van der Waals surface area (Å²) in [6.45, 7) is 10.5. The van der Waals surface area contributed by atoms with Gasteiger partial charge in [0.15, 0.2) is 0 Å². The second kappa shape index (κ2) is 26.7. The van der Waals surface area contributed by atoms with E-state index in [1.807, 2.05) is 6.92 Å². The van der Waals surface area contributed by atoms with Gasteiger partial charge in [0.2, 0.25) is 0 Å². The normalized spacial score (nSPS) is 10.9. The third-order valence-corrected chi connectivity index (χ3v) is 6.88. The average molecular weight is 759 g/mol. The largest absolute Gasteiger partial charge is 0.395 e. The SMILES string of the molecule is CC(C)(N)[C@H](NC(=O)c1ccc(C#CC#CCCO)cc1)C(=O)NO.CC=O.CCNC(C)(C)[C@H](NC(=O)c1ccc(C#CC#CCCO)cc1)C(=O)NO. The predicted octanol–water partition coefficient (Wildman–Crippen LogP) is 0.386. The van der Waals surface area contributed by atoms with Crippen LogP contribution in [0.4, 0.5) is 0 Å². The maximum absolute atomic E-state index is 12.5. The second-order valence-corrected chi connectivity index (χ2v) is 12.3. The summed E-state index contributed by atoms with van der Waals surface area (Å²) in [5.41, 5.74) is 9.14. The molecule has 0 spiro atoms. The van der Waals surface area contributed by atoms with Crippen LogP contribution in [-0.2, 0) is 14.4 Å². The summed E-state index contributed by atoms with van der Waals surface area (Å²) in [5.74, 6) is 19.1. The molecule has 0 aliphatic rings. The third-order valence-electron chi connectivity index (χ3n) is 6.88. The van der Waals surface area contributed by atoms with Crippen LogP contribution in [0.3, 0.4) is 0 Å². The van der Waals surface area contributed by atoms with Gasteiger partial charge < -0.3 is 36.7 Å². The smallest absolute Gasteiger partial charge is 0.267 e. The summed E-state index contributed by atoms with van der Waals surface area (Å²) < 4.78 is 0. The molecule has 55 heavy (non-hydrogen) atoms. The van der Waals surface area contributed by atoms with E-state index in [1.165, 1.54) is 12.4 Å². The topological polar surface area (TPSA) is 252 Å². The average Bonchev–Trinajstić information content (AvgIpc) is 3.15. The second-order valence-electron chi connectivity index (χ2n) is 12.3. The van der Waals surface area contributed by atoms with Gasteiger partial charge in [-0.1, -0.05) is 30.6 Å². The number of nitrogens with one attached hydrogen (secondary N) is 5. The fourth-order valence-corrected chi connectivity index (χ4v) is 4.22. The summed E-state index contributed by atoms with van der Waals surface area (Å²) in [6.07, 6.45) is 1.49. The molecule has 15 heteroatoms. The van der Waals surface area contributed by atoms with E-state index >= 15 is 0 Å². The minimum Gasteiger partial charge on any atom is -0.395 e. The Morgan fingerprint density at radius 1 is 0.709 bits per heavy atom. The van der Waals surface area contributed by atoms with Crippen molar-refractivity contribution in [1.82, 2.24) is 26.9 Å². The van der Waals surface area contributed by atoms with Gasteiger partial charge in [-0.25, -0.2) is 11.0 Å². The van der Waals surface area contributed by atoms with Gasteiger partial charge in [-0.05, 0) is 113 Å². The Morgan fingerprint density at radius 2 is 1.07 bits per heavy atom. The van der Waals surface area contributed by atoms with Crippen molar-refractivity contribution in [3.8, 4) is 47.4 Å². The maximum atomic E-state index is 12.5. The van der Waals surface area contributed by atoms with E-state index in [0.29, 0.717) is 41.6 Å². The van der Waals surface area contributed by atoms with E-state index in [2.05, 4.69) is 63.3 Å². The number of amides is 4. The highest BCUT2D eigenvalue weighted by molar-refractivity contribution is 5.98. The first kappa shape index (κ1) is 49.0. The Bertz CT molecular complexity index is 1810. The monoisotopic (exact) mass is 758 g/mol. The number of nitrogens with two attached hydrogens (primary N) is 1. The molecule has 2 aromatic carbocycles. The molecule has 11 N–H and O–H groups in total. The van der Waals surface area contributed by atoms with Gasteiger partial charge in [0.1, 0.15) is 18.4 Å². The molecule has 4 amide bonds. The number of hydrogen-bond donors (Lipinski definition) is 10. The molecule has 0 saturated heterocycles. The summed E-state index contributed by atoms with van der Waals surface area (Å²) in [7, 11) is 0. The summed E-state index contributed by atoms with van der Waals surface area (Å²) >= 11 is 0. The molecule has 0 unspecified atom stereocenters. The lowest BCUT2D eigenvalue weighted by Gasteiger charge is -2.34. The van der Waals surface area contributed by atoms with Crippen LogP contribution in [0.5, 0.6) is 0 Å². The first-order valence-electron chi connectivity index (χ1n) is 16.9. The van der Waals surface area contributed by atoms with Gasteiger partial charge in [-0.2, -0.15) is 0 Å². The van der Waals surface area contributed by atoms with Crippen molar-refractivity contribution in [2.45, 2.75) is 77.5 Å². The number of carbonyl (C=O) groups excluding carboxylic acids is 5. The van der Waals surface area contributed by atoms with Crippen molar-refractivity contribution in [2.75, 3.05) is 19.8 Å². The van der Waals surface area contributed by atoms with Crippen molar-refractivity contribution in [1.29, 1.82) is 0 Å². The van der Waals surface area contributed by atoms with Crippen LogP contribution >= 0.6 is 0 Å². The Hall–Kier alpha value is -6.01. The molecular weight excluding hydrogens is 708 g/mol. The Morgan fingerprint density at radius 3 is 1.40 bits per heavy atom. The number of benzene rings is 2. The Labute approximate surface area is 322 Å². The maximum Gasteiger partial charge on any atom is 0.267 e. The fraction of sp³-hybridized carbons (Fsp3) is 0.375. The first-order chi connectivity index (χ1) is 26.1. The lowest BCUT2D eigenvalue weighted by Crippen LogP contribution is -2.63. The van der Waals surface area contributed by atoms with Crippen molar-refractivity contribution >= 4 is 29.9 Å². The van der Waals surface area contributed by atoms with Crippen LogP contribution in [0.1, 0.15) is 86.2 Å². The molecule has 0 bridgehead atoms. The van der Waals surface area contributed by atoms with Gasteiger partial charge in [-0.15, -0.1) is 0 Å². The molecule has 294 valence electrons. The van der Waals surface area contributed by atoms with E-state index in [-0.39, 0.29) is 13.2 Å². The number of aldehydes is 1. The number of aliphatic hydroxyl groups excluding tert-OH is 2. The Kier molecular flexibility index (Phi) is 23.8. The zero-order valence-electron chi connectivity index (χ0n) is 31.8. The highest BCUT2D eigenvalue weighted by Crippen LogP contribution is 2.12. The predicted molar refractivity (Wildman–Crippen MR) is 206 cm³/mol. The standard InChI is InChI=1S/C20H25N3O4.C18H21N3O4.C2H4O/c1-4-21-20(2,3)17(19(26)23-27)22-18(25)16-12-10-15(11-13-16)9-7-5-6-8-14-24;1-18(2,19)15(17(24)21-25)20-16(23)14-10-8-13(9-11-14)7-5-3-4-6-12-22;1-2-3/h10-13,17,21,24,27H,4,8,14H2,1-3H3,(H,22,25)(H,23,26);8-11,15,22,25H,6,12,19H2,1-2H3,(H,20,23)(H,21,24);2H,1H3/t17-;15-;/m11./s1. The molecule has 2 rings (SSSR count). The lowest BCUT2D eigenvalue weighted by atomic mass is 9.93. The van der Waals surface area contributed by atoms with E-state index in [0.717, 1.165) is 6.29 Å². The molecule has 0 heterocycles. The van der Waals surface area contributed by atoms with E-state index < -0.39 is 46.8 Å². The third kappa shape index (κ3) is 19.6. The van der Waals surface area contributed by atoms with Crippen molar-refractivity contribution in [3.05, 3.63) is 70.8 Å². The zero-order chi connectivity index (χ0) is 41.9. The van der Waals surface area contributed by atoms with Crippen molar-refractivity contribution in [2.24, 2.45) is 5.73 Å². The minimum absolute atomic E-state index is 0.00162. The quantitative estimate of drug-likeness (QED) is 0.0613. The molecule has 0 radical (unpaired) electrons. The summed E-state index contributed by atoms with van der Waals surface area (Å²) in [6, 6.07) is 10.8. The first-order valence-corrected chi connectivity index (χ1v) is 16.9. The summed E-state index contributed by atoms with van der Waals surface area (Å²) in [5, 5.41) is 43.2. The van der Waals surface area contributed by atoms with Gasteiger partial charge in [0.25, 0.3) is 23.6 Å². The number of hydrogen-bond acceptors (Lipinski definition) is 11. The van der Waals surface area contributed by atoms with E-state index in [9.17, 15) is 19.2 Å². The number of carbonyl (C=O) groups is 5. The molecule has 0 fully saturated rings. The van der Waals surface area contributed by atoms with Gasteiger partial charge >= 0.3 is 0 Å². The molecule has 15 nitrogen and oxygen atoms in total. The van der Waals surface area contributed by atoms with Crippen LogP contribution in [-0.4, -0.2) is 93.5 Å². The van der Waals surface area contributed by atoms with Crippen LogP contribution in [0, 0.1) is 47.4 Å². The fourth-order valence-electron chi connectivity index (χ4n) is 4.22. The minimum atomic E-state index is -1.11. The lowest BCUT2D eigenvalue weighted by molar-refractivity contribution is -0.133. The molecule has 2 atom stereocenters. The number of likely N-dealkylation sites (N-methyl/N-ethyl adjacent to an activating group) is 1. The van der Waals surface area contributed by atoms with Gasteiger partial charge in [0, 0.05) is 46.2 Å². The number of aliphatic hydroxyl groups is 2. The van der Waals surface area contributed by atoms with Gasteiger partial charge in [-0.3, -0.25) is 29.6 Å². The molecule has 0 aliphatic heterocycles. The molecule has 2 aromatic rings. The van der Waals surface area contributed by atoms with Crippen LogP contribution in [0.2, 0.25) is 0 Å². The summed E-state index contributed by atoms with van der Waals surface area (Å²) in [4.78, 5) is 57.2. The van der Waals surface area contributed by atoms with Crippen LogP contribution in [0.25, 0.3) is 0 Å². The Balaban J connectivity index is 0.000000991. The highest BCUT2D eigenvalue weighted by Gasteiger charge is 2.36. The van der Waals surface area contributed by atoms with Crippen molar-refractivity contribution < 1.29 is 44.6 Å². The molecular formula is C40H50N6O9. The van der Waals surface area contributed by atoms with E-state index in [4.69, 9.17) is 31.2 Å². The molecule has 0 aliphatic carbocycles. The van der Waals surface area contributed by atoms with Gasteiger partial charge in [0.05, 0.1) is 13.2 Å². The van der Waals surface area contributed by atoms with Crippen LogP contribution < -0.4 is 32.6 Å². The zero-order valence-corrected chi connectivity index (χ0v) is 31.8.